The molecule has 0 aliphatic heterocycles. The van der Waals surface area contributed by atoms with Gasteiger partial charge in [-0.2, -0.15) is 0 Å². The van der Waals surface area contributed by atoms with E-state index in [1.165, 1.54) is 0 Å². The van der Waals surface area contributed by atoms with E-state index in [9.17, 15) is 24.3 Å². The van der Waals surface area contributed by atoms with Gasteiger partial charge in [0, 0.05) is 11.5 Å². The Morgan fingerprint density at radius 1 is 1.00 bits per heavy atom. The van der Waals surface area contributed by atoms with Gasteiger partial charge in [0.1, 0.15) is 12.1 Å². The monoisotopic (exact) mass is 348 g/mol. The lowest BCUT2D eigenvalue weighted by Crippen LogP contribution is -2.48. The first-order valence-electron chi connectivity index (χ1n) is 5.83. The molecule has 122 valence electrons. The van der Waals surface area contributed by atoms with E-state index in [1.54, 1.807) is 0 Å². The van der Waals surface area contributed by atoms with E-state index in [0.29, 0.717) is 4.90 Å². The lowest BCUT2D eigenvalue weighted by Gasteiger charge is -2.24. The Morgan fingerprint density at radius 3 is 1.82 bits per heavy atom. The zero-order chi connectivity index (χ0) is 17.3. The number of aliphatic carboxylic acids is 2. The van der Waals surface area contributed by atoms with Crippen molar-refractivity contribution < 1.29 is 29.4 Å². The van der Waals surface area contributed by atoms with Gasteiger partial charge in [-0.25, -0.2) is 4.79 Å². The lowest BCUT2D eigenvalue weighted by atomic mass is 10.2. The first-order valence-corrected chi connectivity index (χ1v) is 8.32. The molecule has 0 radical (unpaired) electrons. The van der Waals surface area contributed by atoms with E-state index >= 15 is 0 Å². The van der Waals surface area contributed by atoms with Gasteiger partial charge < -0.3 is 15.9 Å². The normalized spacial score (nSPS) is 12.8. The van der Waals surface area contributed by atoms with Crippen molar-refractivity contribution in [2.24, 2.45) is 5.73 Å². The maximum atomic E-state index is 11.7. The highest BCUT2D eigenvalue weighted by Gasteiger charge is 2.32. The molecule has 0 saturated carbocycles. The van der Waals surface area contributed by atoms with Crippen molar-refractivity contribution in [3.63, 3.8) is 0 Å². The first-order chi connectivity index (χ1) is 10.3. The number of amides is 2. The average Bonchev–Trinajstić information content (AvgIpc) is 2.48. The Labute approximate surface area is 134 Å². The number of rotatable bonds is 10. The molecule has 22 heavy (non-hydrogen) atoms. The molecular formula is C12H16N2O6S2. The molecule has 0 saturated heterocycles. The average molecular weight is 348 g/mol. The molecular weight excluding hydrogens is 332 g/mol. The molecule has 0 aliphatic carbocycles. The minimum Gasteiger partial charge on any atom is -0.480 e. The molecule has 2 amide bonds. The molecule has 0 unspecified atom stereocenters. The van der Waals surface area contributed by atoms with Crippen molar-refractivity contribution >= 4 is 45.3 Å². The Bertz CT molecular complexity index is 462. The molecule has 0 bridgehead atoms. The van der Waals surface area contributed by atoms with E-state index in [-0.39, 0.29) is 11.5 Å². The van der Waals surface area contributed by atoms with Crippen molar-refractivity contribution in [2.75, 3.05) is 11.5 Å². The minimum absolute atomic E-state index is 0.0527. The summed E-state index contributed by atoms with van der Waals surface area (Å²) in [5, 5.41) is 17.8. The van der Waals surface area contributed by atoms with Crippen LogP contribution in [0.15, 0.2) is 25.3 Å². The van der Waals surface area contributed by atoms with Crippen molar-refractivity contribution in [2.45, 2.75) is 12.1 Å². The van der Waals surface area contributed by atoms with E-state index in [1.807, 2.05) is 0 Å². The van der Waals surface area contributed by atoms with Crippen LogP contribution in [0.3, 0.4) is 0 Å². The predicted octanol–water partition coefficient (Wildman–Crippen LogP) is -0.0399. The van der Waals surface area contributed by atoms with Gasteiger partial charge in [-0.1, -0.05) is 34.7 Å². The van der Waals surface area contributed by atoms with Crippen molar-refractivity contribution in [3.05, 3.63) is 25.3 Å². The molecule has 0 fully saturated rings. The molecule has 0 rings (SSSR count). The van der Waals surface area contributed by atoms with Crippen molar-refractivity contribution in [3.8, 4) is 0 Å². The van der Waals surface area contributed by atoms with Gasteiger partial charge in [0.15, 0.2) is 0 Å². The summed E-state index contributed by atoms with van der Waals surface area (Å²) in [6.07, 6.45) is 1.66. The molecule has 10 heteroatoms. The van der Waals surface area contributed by atoms with Crippen molar-refractivity contribution in [1.29, 1.82) is 0 Å². The summed E-state index contributed by atoms with van der Waals surface area (Å²) in [7, 11) is 2.04. The summed E-state index contributed by atoms with van der Waals surface area (Å²) >= 11 is 0. The van der Waals surface area contributed by atoms with E-state index in [0.717, 1.165) is 33.7 Å². The summed E-state index contributed by atoms with van der Waals surface area (Å²) in [5.41, 5.74) is 5.30. The lowest BCUT2D eigenvalue weighted by molar-refractivity contribution is -0.153. The number of nitrogens with zero attached hydrogens (tertiary/aromatic N) is 1. The van der Waals surface area contributed by atoms with Gasteiger partial charge in [0.2, 0.25) is 0 Å². The number of carbonyl (C=O) groups excluding carboxylic acids is 2. The zero-order valence-corrected chi connectivity index (χ0v) is 13.1. The van der Waals surface area contributed by atoms with Crippen LogP contribution in [0, 0.1) is 0 Å². The van der Waals surface area contributed by atoms with Crippen molar-refractivity contribution in [1.82, 2.24) is 4.90 Å². The summed E-state index contributed by atoms with van der Waals surface area (Å²) in [6, 6.07) is -2.50. The molecule has 0 aromatic heterocycles. The second kappa shape index (κ2) is 10.0. The maximum Gasteiger partial charge on any atom is 0.327 e. The zero-order valence-electron chi connectivity index (χ0n) is 11.5. The van der Waals surface area contributed by atoms with Crippen LogP contribution in [0.5, 0.6) is 0 Å². The molecule has 2 atom stereocenters. The summed E-state index contributed by atoms with van der Waals surface area (Å²) in [4.78, 5) is 45.6. The number of nitrogens with two attached hydrogens (primary N) is 1. The van der Waals surface area contributed by atoms with Gasteiger partial charge in [0.05, 0.1) is 0 Å². The van der Waals surface area contributed by atoms with Gasteiger partial charge >= 0.3 is 11.9 Å². The third kappa shape index (κ3) is 6.33. The van der Waals surface area contributed by atoms with Crippen LogP contribution >= 0.6 is 21.6 Å². The summed E-state index contributed by atoms with van der Waals surface area (Å²) in [5.74, 6) is -4.34. The Morgan fingerprint density at radius 2 is 1.45 bits per heavy atom. The van der Waals surface area contributed by atoms with E-state index in [4.69, 9.17) is 10.8 Å². The summed E-state index contributed by atoms with van der Waals surface area (Å²) in [6.45, 7) is 6.43. The van der Waals surface area contributed by atoms with E-state index < -0.39 is 35.8 Å². The number of carboxylic acids is 2. The Balaban J connectivity index is 4.82. The molecule has 4 N–H and O–H groups in total. The fourth-order valence-corrected chi connectivity index (χ4v) is 3.48. The highest BCUT2D eigenvalue weighted by Crippen LogP contribution is 2.24. The van der Waals surface area contributed by atoms with Crippen LogP contribution in [-0.2, 0) is 19.2 Å². The molecule has 0 aromatic rings. The van der Waals surface area contributed by atoms with E-state index in [2.05, 4.69) is 13.2 Å². The second-order valence-electron chi connectivity index (χ2n) is 3.82. The molecule has 8 nitrogen and oxygen atoms in total. The van der Waals surface area contributed by atoms with Crippen LogP contribution in [0.4, 0.5) is 0 Å². The highest BCUT2D eigenvalue weighted by molar-refractivity contribution is 8.76. The fourth-order valence-electron chi connectivity index (χ4n) is 1.17. The number of carboxylic acid groups (broad SMARTS) is 2. The van der Waals surface area contributed by atoms with Crippen LogP contribution in [0.1, 0.15) is 0 Å². The van der Waals surface area contributed by atoms with Crippen LogP contribution in [-0.4, -0.2) is 62.5 Å². The third-order valence-corrected chi connectivity index (χ3v) is 4.73. The van der Waals surface area contributed by atoms with Crippen LogP contribution in [0.2, 0.25) is 0 Å². The van der Waals surface area contributed by atoms with Gasteiger partial charge in [-0.15, -0.1) is 0 Å². The number of hydrogen-bond acceptors (Lipinski definition) is 7. The summed E-state index contributed by atoms with van der Waals surface area (Å²) < 4.78 is 0. The topological polar surface area (TPSA) is 138 Å². The number of imide groups is 1. The maximum absolute atomic E-state index is 11.7. The van der Waals surface area contributed by atoms with Crippen LogP contribution < -0.4 is 5.73 Å². The quantitative estimate of drug-likeness (QED) is 0.282. The second-order valence-corrected chi connectivity index (χ2v) is 6.37. The fraction of sp³-hybridized carbons (Fsp3) is 0.333. The third-order valence-electron chi connectivity index (χ3n) is 2.29. The minimum atomic E-state index is -1.42. The van der Waals surface area contributed by atoms with Gasteiger partial charge in [-0.05, 0) is 12.2 Å². The van der Waals surface area contributed by atoms with Crippen LogP contribution in [0.25, 0.3) is 0 Å². The largest absolute Gasteiger partial charge is 0.480 e. The highest BCUT2D eigenvalue weighted by atomic mass is 33.1. The van der Waals surface area contributed by atoms with Gasteiger partial charge in [-0.3, -0.25) is 19.3 Å². The smallest absolute Gasteiger partial charge is 0.327 e. The predicted molar refractivity (Wildman–Crippen MR) is 84.2 cm³/mol. The molecule has 0 spiro atoms. The standard InChI is InChI=1S/C12H16N2O6S2/c1-3-9(15)14(10(16)4-2)8(12(19)20)6-22-21-5-7(13)11(17)18/h3-4,7-8H,1-2,5-6,13H2,(H,17,18)(H,19,20)/t7-,8-/m0/s1. The Kier molecular flexibility index (Phi) is 9.22. The molecule has 0 aromatic carbocycles. The SMILES string of the molecule is C=CC(=O)N(C(=O)C=C)[C@@H](CSSC[C@H](N)C(=O)O)C(=O)O. The van der Waals surface area contributed by atoms with Gasteiger partial charge in [0.25, 0.3) is 11.8 Å². The number of hydrogen-bond donors (Lipinski definition) is 3. The first kappa shape index (κ1) is 20.2. The Hall–Kier alpha value is -1.78. The molecule has 0 heterocycles. The molecule has 0 aliphatic rings. The number of carbonyl (C=O) groups is 4.